The van der Waals surface area contributed by atoms with Crippen molar-refractivity contribution in [2.45, 2.75) is 37.5 Å². The van der Waals surface area contributed by atoms with Crippen molar-refractivity contribution >= 4 is 23.2 Å². The Hall–Kier alpha value is -4.65. The van der Waals surface area contributed by atoms with Crippen LogP contribution in [-0.4, -0.2) is 120 Å². The van der Waals surface area contributed by atoms with Crippen molar-refractivity contribution in [3.05, 3.63) is 48.3 Å². The number of hydrogen-bond acceptors (Lipinski definition) is 12. The molecule has 0 bridgehead atoms. The first-order valence-corrected chi connectivity index (χ1v) is 15.4. The number of nitriles is 1. The van der Waals surface area contributed by atoms with Crippen molar-refractivity contribution < 1.29 is 32.9 Å². The molecule has 15 heteroatoms. The van der Waals surface area contributed by atoms with Crippen molar-refractivity contribution in [3.8, 4) is 29.0 Å². The summed E-state index contributed by atoms with van der Waals surface area (Å²) in [5.74, 6) is -2.68. The summed E-state index contributed by atoms with van der Waals surface area (Å²) in [6, 6.07) is 12.9. The van der Waals surface area contributed by atoms with Gasteiger partial charge in [0.1, 0.15) is 42.1 Å². The number of carbonyl (C=O) groups excluding carboxylic acids is 1. The number of aliphatic hydroxyl groups is 1. The van der Waals surface area contributed by atoms with Gasteiger partial charge in [0, 0.05) is 50.3 Å². The first kappa shape index (κ1) is 32.3. The predicted octanol–water partition coefficient (Wildman–Crippen LogP) is 2.68. The molecule has 3 aromatic rings. The molecule has 3 fully saturated rings. The summed E-state index contributed by atoms with van der Waals surface area (Å²) in [5.41, 5.74) is 2.00. The summed E-state index contributed by atoms with van der Waals surface area (Å²) in [4.78, 5) is 30.7. The highest BCUT2D eigenvalue weighted by Crippen LogP contribution is 2.35. The molecule has 3 saturated heterocycles. The van der Waals surface area contributed by atoms with Gasteiger partial charge in [-0.1, -0.05) is 0 Å². The Morgan fingerprint density at radius 2 is 2.00 bits per heavy atom. The average molecular weight is 651 g/mol. The van der Waals surface area contributed by atoms with Gasteiger partial charge in [-0.05, 0) is 37.3 Å². The molecule has 3 aliphatic rings. The van der Waals surface area contributed by atoms with E-state index in [-0.39, 0.29) is 30.3 Å². The fraction of sp³-hybridized carbons (Fsp3) is 0.469. The quantitative estimate of drug-likeness (QED) is 0.351. The number of anilines is 3. The van der Waals surface area contributed by atoms with E-state index in [2.05, 4.69) is 37.0 Å². The van der Waals surface area contributed by atoms with Gasteiger partial charge in [0.15, 0.2) is 6.10 Å². The summed E-state index contributed by atoms with van der Waals surface area (Å²) in [7, 11) is 1.59. The van der Waals surface area contributed by atoms with Gasteiger partial charge < -0.3 is 34.4 Å². The lowest BCUT2D eigenvalue weighted by Crippen LogP contribution is -2.59. The normalized spacial score (nSPS) is 21.4. The van der Waals surface area contributed by atoms with E-state index in [1.165, 1.54) is 18.5 Å². The molecular weight excluding hydrogens is 614 g/mol. The molecule has 3 aliphatic heterocycles. The number of hydrogen-bond donors (Lipinski definition) is 2. The molecule has 0 saturated carbocycles. The number of piperazine rings is 1. The maximum Gasteiger partial charge on any atom is 0.301 e. The molecule has 5 heterocycles. The van der Waals surface area contributed by atoms with Gasteiger partial charge in [0.05, 0.1) is 44.2 Å². The van der Waals surface area contributed by atoms with Gasteiger partial charge in [0.25, 0.3) is 0 Å². The molecule has 1 unspecified atom stereocenters. The van der Waals surface area contributed by atoms with Crippen LogP contribution in [0.2, 0.25) is 0 Å². The number of halogens is 2. The summed E-state index contributed by atoms with van der Waals surface area (Å²) < 4.78 is 46.3. The second kappa shape index (κ2) is 13.6. The van der Waals surface area contributed by atoms with E-state index in [0.717, 1.165) is 43.4 Å². The van der Waals surface area contributed by atoms with Gasteiger partial charge in [-0.2, -0.15) is 10.2 Å². The summed E-state index contributed by atoms with van der Waals surface area (Å²) >= 11 is 0. The zero-order valence-electron chi connectivity index (χ0n) is 26.1. The minimum atomic E-state index is -3.37. The summed E-state index contributed by atoms with van der Waals surface area (Å²) in [6.45, 7) is 4.79. The van der Waals surface area contributed by atoms with Gasteiger partial charge >= 0.3 is 5.92 Å². The number of nitrogens with one attached hydrogen (secondary N) is 1. The first-order chi connectivity index (χ1) is 22.7. The minimum absolute atomic E-state index is 0.000523. The fourth-order valence-corrected chi connectivity index (χ4v) is 6.11. The van der Waals surface area contributed by atoms with Crippen molar-refractivity contribution in [1.82, 2.24) is 24.8 Å². The molecule has 0 radical (unpaired) electrons. The van der Waals surface area contributed by atoms with E-state index in [0.29, 0.717) is 34.8 Å². The molecule has 2 atom stereocenters. The number of likely N-dealkylation sites (tertiary alicyclic amines) is 1. The van der Waals surface area contributed by atoms with Gasteiger partial charge in [-0.25, -0.2) is 18.7 Å². The van der Waals surface area contributed by atoms with Crippen LogP contribution >= 0.6 is 0 Å². The molecule has 0 spiro atoms. The maximum atomic E-state index is 14.8. The van der Waals surface area contributed by atoms with E-state index in [1.54, 1.807) is 19.2 Å². The van der Waals surface area contributed by atoms with Crippen LogP contribution in [0.15, 0.2) is 42.7 Å². The molecule has 1 amide bonds. The van der Waals surface area contributed by atoms with E-state index in [4.69, 9.17) is 19.3 Å². The van der Waals surface area contributed by atoms with Gasteiger partial charge in [-0.15, -0.1) is 0 Å². The number of rotatable bonds is 9. The smallest absolute Gasteiger partial charge is 0.301 e. The van der Waals surface area contributed by atoms with Crippen LogP contribution in [0.1, 0.15) is 18.9 Å². The number of amides is 1. The third kappa shape index (κ3) is 6.90. The van der Waals surface area contributed by atoms with Crippen LogP contribution < -0.4 is 19.7 Å². The standard InChI is InChI=1S/C32H36F2N8O5/c1-20-14-40(23-16-46-17-23)9-10-42(20)25-4-6-28(39-31(25)45-2)38-29-12-24(36-19-37-29)21-3-5-26(22(11-21)13-35)47-27-7-8-41(30(44)15-43)18-32(27,33)34/h3-6,11-12,19-20,23,27,43H,7-10,14-18H2,1-2H3,(H,36,37,38,39)/t20-,27?/m1/s1. The Kier molecular flexibility index (Phi) is 9.35. The van der Waals surface area contributed by atoms with Gasteiger partial charge in [0.2, 0.25) is 11.8 Å². The van der Waals surface area contributed by atoms with Crippen molar-refractivity contribution in [2.24, 2.45) is 0 Å². The highest BCUT2D eigenvalue weighted by molar-refractivity contribution is 5.77. The van der Waals surface area contributed by atoms with E-state index in [1.807, 2.05) is 18.2 Å². The zero-order valence-corrected chi connectivity index (χ0v) is 26.1. The number of pyridine rings is 1. The molecule has 2 aromatic heterocycles. The van der Waals surface area contributed by atoms with Crippen LogP contribution in [0.5, 0.6) is 11.6 Å². The largest absolute Gasteiger partial charge is 0.483 e. The fourth-order valence-electron chi connectivity index (χ4n) is 6.11. The Morgan fingerprint density at radius 1 is 1.17 bits per heavy atom. The predicted molar refractivity (Wildman–Crippen MR) is 167 cm³/mol. The highest BCUT2D eigenvalue weighted by Gasteiger charge is 2.47. The average Bonchev–Trinajstić information content (AvgIpc) is 3.04. The SMILES string of the molecule is COc1nc(Nc2cc(-c3ccc(OC4CCN(C(=O)CO)CC4(F)F)c(C#N)c3)ncn2)ccc1N1CCN(C2COC2)C[C@H]1C. The third-order valence-corrected chi connectivity index (χ3v) is 8.75. The van der Waals surface area contributed by atoms with Crippen molar-refractivity contribution in [2.75, 3.05) is 69.9 Å². The summed E-state index contributed by atoms with van der Waals surface area (Å²) in [6.07, 6.45) is -0.321. The van der Waals surface area contributed by atoms with Crippen LogP contribution in [0.3, 0.4) is 0 Å². The van der Waals surface area contributed by atoms with E-state index >= 15 is 0 Å². The number of ether oxygens (including phenoxy) is 3. The Balaban J connectivity index is 1.14. The molecule has 47 heavy (non-hydrogen) atoms. The lowest BCUT2D eigenvalue weighted by atomic mass is 10.0. The highest BCUT2D eigenvalue weighted by atomic mass is 19.3. The van der Waals surface area contributed by atoms with Crippen LogP contribution in [0.25, 0.3) is 11.3 Å². The Bertz CT molecular complexity index is 1650. The monoisotopic (exact) mass is 650 g/mol. The molecular formula is C32H36F2N8O5. The lowest BCUT2D eigenvalue weighted by molar-refractivity contribution is -0.161. The Morgan fingerprint density at radius 3 is 2.68 bits per heavy atom. The first-order valence-electron chi connectivity index (χ1n) is 15.4. The number of methoxy groups -OCH3 is 1. The number of alkyl halides is 2. The van der Waals surface area contributed by atoms with E-state index < -0.39 is 31.1 Å². The number of aromatic nitrogens is 3. The van der Waals surface area contributed by atoms with E-state index in [9.17, 15) is 18.8 Å². The molecule has 0 aliphatic carbocycles. The molecule has 6 rings (SSSR count). The molecule has 2 N–H and O–H groups in total. The lowest BCUT2D eigenvalue weighted by Gasteiger charge is -2.46. The Labute approximate surface area is 270 Å². The van der Waals surface area contributed by atoms with Crippen molar-refractivity contribution in [3.63, 3.8) is 0 Å². The maximum absolute atomic E-state index is 14.8. The van der Waals surface area contributed by atoms with Crippen LogP contribution in [-0.2, 0) is 9.53 Å². The zero-order chi connectivity index (χ0) is 33.1. The van der Waals surface area contributed by atoms with Crippen LogP contribution in [0, 0.1) is 11.3 Å². The number of aliphatic hydroxyl groups excluding tert-OH is 1. The van der Waals surface area contributed by atoms with Gasteiger partial charge in [-0.3, -0.25) is 9.69 Å². The second-order valence-electron chi connectivity index (χ2n) is 11.8. The van der Waals surface area contributed by atoms with Crippen LogP contribution in [0.4, 0.5) is 26.1 Å². The number of nitrogens with zero attached hydrogens (tertiary/aromatic N) is 7. The number of carbonyl (C=O) groups is 1. The molecule has 13 nitrogen and oxygen atoms in total. The summed E-state index contributed by atoms with van der Waals surface area (Å²) in [5, 5.41) is 22.0. The molecule has 248 valence electrons. The topological polar surface area (TPSA) is 149 Å². The second-order valence-corrected chi connectivity index (χ2v) is 11.8. The third-order valence-electron chi connectivity index (χ3n) is 8.75. The minimum Gasteiger partial charge on any atom is -0.483 e. The number of piperidine rings is 1. The number of benzene rings is 1. The molecule has 1 aromatic carbocycles. The van der Waals surface area contributed by atoms with Crippen molar-refractivity contribution in [1.29, 1.82) is 5.26 Å².